The van der Waals surface area contributed by atoms with Gasteiger partial charge < -0.3 is 5.11 Å². The molecule has 1 N–H and O–H groups in total. The van der Waals surface area contributed by atoms with Crippen LogP contribution in [-0.2, 0) is 0 Å². The number of Topliss-reactive ketones (excluding diaryl/α,β-unsaturated/α-hetero) is 1. The quantitative estimate of drug-likeness (QED) is 0.696. The van der Waals surface area contributed by atoms with E-state index in [0.29, 0.717) is 5.69 Å². The molecule has 0 saturated heterocycles. The fraction of sp³-hybridized carbons (Fsp3) is 0.0909. The minimum Gasteiger partial charge on any atom is -0.508 e. The van der Waals surface area contributed by atoms with E-state index in [4.69, 9.17) is 0 Å². The predicted molar refractivity (Wildman–Crippen MR) is 53.4 cm³/mol. The molecule has 0 bridgehead atoms. The van der Waals surface area contributed by atoms with Gasteiger partial charge in [-0.2, -0.15) is 0 Å². The minimum atomic E-state index is -0.0556. The maximum absolute atomic E-state index is 11.0. The second kappa shape index (κ2) is 3.10. The maximum atomic E-state index is 11.0. The number of hydrogen-bond donors (Lipinski definition) is 1. The third kappa shape index (κ3) is 1.44. The molecule has 1 aromatic heterocycles. The van der Waals surface area contributed by atoms with Gasteiger partial charge in [-0.3, -0.25) is 9.78 Å². The number of rotatable bonds is 1. The van der Waals surface area contributed by atoms with Crippen molar-refractivity contribution in [1.82, 2.24) is 4.98 Å². The normalized spacial score (nSPS) is 10.4. The summed E-state index contributed by atoms with van der Waals surface area (Å²) in [6, 6.07) is 6.69. The first-order chi connectivity index (χ1) is 6.66. The lowest BCUT2D eigenvalue weighted by Crippen LogP contribution is -1.95. The number of hydrogen-bond acceptors (Lipinski definition) is 3. The lowest BCUT2D eigenvalue weighted by molar-refractivity contribution is 0.101. The lowest BCUT2D eigenvalue weighted by atomic mass is 10.1. The second-order valence-corrected chi connectivity index (χ2v) is 3.16. The van der Waals surface area contributed by atoms with E-state index in [1.807, 2.05) is 0 Å². The molecule has 3 heteroatoms. The number of phenols is 1. The van der Waals surface area contributed by atoms with Gasteiger partial charge in [0.2, 0.25) is 0 Å². The Morgan fingerprint density at radius 1 is 1.29 bits per heavy atom. The summed E-state index contributed by atoms with van der Waals surface area (Å²) in [6.45, 7) is 1.48. The molecule has 0 spiro atoms. The van der Waals surface area contributed by atoms with Crippen molar-refractivity contribution in [3.8, 4) is 5.75 Å². The Bertz CT molecular complexity index is 506. The molecule has 1 aromatic carbocycles. The monoisotopic (exact) mass is 187 g/mol. The molecule has 3 nitrogen and oxygen atoms in total. The second-order valence-electron chi connectivity index (χ2n) is 3.16. The number of phenolic OH excluding ortho intramolecular Hbond substituents is 1. The number of aromatic nitrogens is 1. The van der Waals surface area contributed by atoms with Crippen LogP contribution in [0.25, 0.3) is 10.8 Å². The van der Waals surface area contributed by atoms with E-state index in [9.17, 15) is 9.90 Å². The number of nitrogens with zero attached hydrogens (tertiary/aromatic N) is 1. The van der Waals surface area contributed by atoms with Crippen LogP contribution in [0.5, 0.6) is 5.75 Å². The molecule has 0 aliphatic heterocycles. The lowest BCUT2D eigenvalue weighted by Gasteiger charge is -2.00. The molecule has 0 fully saturated rings. The maximum Gasteiger partial charge on any atom is 0.178 e. The zero-order chi connectivity index (χ0) is 10.1. The van der Waals surface area contributed by atoms with Gasteiger partial charge in [0.1, 0.15) is 11.4 Å². The summed E-state index contributed by atoms with van der Waals surface area (Å²) in [6.07, 6.45) is 1.59. The largest absolute Gasteiger partial charge is 0.508 e. The van der Waals surface area contributed by atoms with Gasteiger partial charge in [0.25, 0.3) is 0 Å². The summed E-state index contributed by atoms with van der Waals surface area (Å²) in [4.78, 5) is 15.0. The number of carbonyl (C=O) groups is 1. The van der Waals surface area contributed by atoms with E-state index in [1.54, 1.807) is 30.5 Å². The highest BCUT2D eigenvalue weighted by Gasteiger charge is 2.02. The molecule has 0 aliphatic rings. The molecule has 0 amide bonds. The fourth-order valence-corrected chi connectivity index (χ4v) is 1.32. The van der Waals surface area contributed by atoms with Crippen LogP contribution < -0.4 is 0 Å². The van der Waals surface area contributed by atoms with E-state index in [1.165, 1.54) is 6.92 Å². The Hall–Kier alpha value is -1.90. The standard InChI is InChI=1S/C11H9NO2/c1-7(13)11-5-8-2-3-10(14)4-9(8)6-12-11/h2-6,14H,1H3. The number of fused-ring (bicyclic) bond motifs is 1. The zero-order valence-electron chi connectivity index (χ0n) is 7.69. The molecule has 2 rings (SSSR count). The summed E-state index contributed by atoms with van der Waals surface area (Å²) < 4.78 is 0. The van der Waals surface area contributed by atoms with Gasteiger partial charge in [-0.15, -0.1) is 0 Å². The number of pyridine rings is 1. The van der Waals surface area contributed by atoms with Gasteiger partial charge in [0.15, 0.2) is 5.78 Å². The van der Waals surface area contributed by atoms with E-state index in [2.05, 4.69) is 4.98 Å². The molecule has 2 aromatic rings. The minimum absolute atomic E-state index is 0.0556. The molecule has 0 atom stereocenters. The third-order valence-electron chi connectivity index (χ3n) is 2.07. The van der Waals surface area contributed by atoms with Crippen molar-refractivity contribution < 1.29 is 9.90 Å². The Labute approximate surface area is 81.0 Å². The summed E-state index contributed by atoms with van der Waals surface area (Å²) in [5.41, 5.74) is 0.447. The van der Waals surface area contributed by atoms with Crippen LogP contribution in [0.4, 0.5) is 0 Å². The van der Waals surface area contributed by atoms with Gasteiger partial charge >= 0.3 is 0 Å². The van der Waals surface area contributed by atoms with Crippen molar-refractivity contribution in [2.24, 2.45) is 0 Å². The SMILES string of the molecule is CC(=O)c1cc2ccc(O)cc2cn1. The zero-order valence-corrected chi connectivity index (χ0v) is 7.69. The summed E-state index contributed by atoms with van der Waals surface area (Å²) in [5.74, 6) is 0.148. The van der Waals surface area contributed by atoms with E-state index >= 15 is 0 Å². The average molecular weight is 187 g/mol. The van der Waals surface area contributed by atoms with E-state index in [0.717, 1.165) is 10.8 Å². The molecule has 0 saturated carbocycles. The highest BCUT2D eigenvalue weighted by molar-refractivity contribution is 5.96. The number of ketones is 1. The first kappa shape index (κ1) is 8.69. The Morgan fingerprint density at radius 3 is 2.79 bits per heavy atom. The average Bonchev–Trinajstić information content (AvgIpc) is 2.16. The van der Waals surface area contributed by atoms with Crippen LogP contribution in [0.3, 0.4) is 0 Å². The van der Waals surface area contributed by atoms with Gasteiger partial charge in [0, 0.05) is 18.5 Å². The van der Waals surface area contributed by atoms with Crippen molar-refractivity contribution in [2.75, 3.05) is 0 Å². The topological polar surface area (TPSA) is 50.2 Å². The summed E-state index contributed by atoms with van der Waals surface area (Å²) in [7, 11) is 0. The first-order valence-electron chi connectivity index (χ1n) is 4.26. The molecule has 0 radical (unpaired) electrons. The van der Waals surface area contributed by atoms with Gasteiger partial charge in [0.05, 0.1) is 0 Å². The summed E-state index contributed by atoms with van der Waals surface area (Å²) in [5, 5.41) is 10.9. The van der Waals surface area contributed by atoms with E-state index < -0.39 is 0 Å². The van der Waals surface area contributed by atoms with Crippen LogP contribution in [0.1, 0.15) is 17.4 Å². The number of carbonyl (C=O) groups excluding carboxylic acids is 1. The van der Waals surface area contributed by atoms with Crippen molar-refractivity contribution in [3.63, 3.8) is 0 Å². The van der Waals surface area contributed by atoms with Gasteiger partial charge in [-0.1, -0.05) is 6.07 Å². The molecule has 1 heterocycles. The summed E-state index contributed by atoms with van der Waals surface area (Å²) >= 11 is 0. The molecule has 0 unspecified atom stereocenters. The molecular formula is C11H9NO2. The molecular weight excluding hydrogens is 178 g/mol. The first-order valence-corrected chi connectivity index (χ1v) is 4.26. The fourth-order valence-electron chi connectivity index (χ4n) is 1.32. The van der Waals surface area contributed by atoms with Crippen molar-refractivity contribution in [3.05, 3.63) is 36.2 Å². The van der Waals surface area contributed by atoms with Crippen molar-refractivity contribution in [1.29, 1.82) is 0 Å². The predicted octanol–water partition coefficient (Wildman–Crippen LogP) is 2.14. The number of aromatic hydroxyl groups is 1. The van der Waals surface area contributed by atoms with Crippen LogP contribution in [0.15, 0.2) is 30.5 Å². The molecule has 14 heavy (non-hydrogen) atoms. The Morgan fingerprint density at radius 2 is 2.07 bits per heavy atom. The molecule has 0 aliphatic carbocycles. The van der Waals surface area contributed by atoms with Gasteiger partial charge in [-0.25, -0.2) is 0 Å². The Balaban J connectivity index is 2.67. The smallest absolute Gasteiger partial charge is 0.178 e. The van der Waals surface area contributed by atoms with Gasteiger partial charge in [-0.05, 0) is 23.6 Å². The highest BCUT2D eigenvalue weighted by atomic mass is 16.3. The molecule has 70 valence electrons. The highest BCUT2D eigenvalue weighted by Crippen LogP contribution is 2.19. The van der Waals surface area contributed by atoms with Crippen molar-refractivity contribution in [2.45, 2.75) is 6.92 Å². The van der Waals surface area contributed by atoms with Crippen LogP contribution in [-0.4, -0.2) is 15.9 Å². The van der Waals surface area contributed by atoms with Crippen LogP contribution in [0.2, 0.25) is 0 Å². The Kier molecular flexibility index (Phi) is 1.93. The third-order valence-corrected chi connectivity index (χ3v) is 2.07. The van der Waals surface area contributed by atoms with Crippen molar-refractivity contribution >= 4 is 16.6 Å². The van der Waals surface area contributed by atoms with E-state index in [-0.39, 0.29) is 11.5 Å². The van der Waals surface area contributed by atoms with Crippen LogP contribution in [0, 0.1) is 0 Å². The number of benzene rings is 1. The van der Waals surface area contributed by atoms with Crippen LogP contribution >= 0.6 is 0 Å².